The first kappa shape index (κ1) is 18.5. The summed E-state index contributed by atoms with van der Waals surface area (Å²) >= 11 is 5.87. The Kier molecular flexibility index (Phi) is 6.55. The molecule has 1 amide bonds. The number of nitriles is 1. The van der Waals surface area contributed by atoms with E-state index in [2.05, 4.69) is 22.5 Å². The van der Waals surface area contributed by atoms with Gasteiger partial charge in [0, 0.05) is 17.4 Å². The number of nitrogens with zero attached hydrogens (tertiary/aromatic N) is 2. The quantitative estimate of drug-likeness (QED) is 0.607. The molecule has 0 aliphatic carbocycles. The highest BCUT2D eigenvalue weighted by atomic mass is 35.5. The zero-order chi connectivity index (χ0) is 18.2. The van der Waals surface area contributed by atoms with Crippen LogP contribution in [-0.2, 0) is 11.2 Å². The number of rotatable bonds is 6. The Morgan fingerprint density at radius 3 is 2.68 bits per heavy atom. The van der Waals surface area contributed by atoms with Gasteiger partial charge < -0.3 is 10.6 Å². The Labute approximate surface area is 152 Å². The summed E-state index contributed by atoms with van der Waals surface area (Å²) in [4.78, 5) is 16.3. The number of hydrogen-bond acceptors (Lipinski definition) is 4. The van der Waals surface area contributed by atoms with Gasteiger partial charge in [0.05, 0.1) is 6.04 Å². The fourth-order valence-corrected chi connectivity index (χ4v) is 2.34. The van der Waals surface area contributed by atoms with Crippen molar-refractivity contribution >= 4 is 23.3 Å². The summed E-state index contributed by atoms with van der Waals surface area (Å²) in [6.07, 6.45) is 3.82. The van der Waals surface area contributed by atoms with E-state index in [4.69, 9.17) is 11.6 Å². The maximum atomic E-state index is 12.3. The van der Waals surface area contributed by atoms with Crippen LogP contribution in [0.3, 0.4) is 0 Å². The van der Waals surface area contributed by atoms with Gasteiger partial charge in [0.25, 0.3) is 5.91 Å². The van der Waals surface area contributed by atoms with Crippen LogP contribution >= 0.6 is 11.6 Å². The van der Waals surface area contributed by atoms with Gasteiger partial charge in [-0.15, -0.1) is 0 Å². The van der Waals surface area contributed by atoms with Crippen molar-refractivity contribution in [3.05, 3.63) is 70.5 Å². The Hall–Kier alpha value is -2.84. The van der Waals surface area contributed by atoms with E-state index in [0.717, 1.165) is 12.0 Å². The van der Waals surface area contributed by atoms with Crippen LogP contribution < -0.4 is 10.6 Å². The van der Waals surface area contributed by atoms with Gasteiger partial charge in [-0.1, -0.05) is 42.8 Å². The lowest BCUT2D eigenvalue weighted by molar-refractivity contribution is -0.117. The first-order chi connectivity index (χ1) is 12.0. The summed E-state index contributed by atoms with van der Waals surface area (Å²) in [5.41, 5.74) is 2.17. The van der Waals surface area contributed by atoms with Crippen molar-refractivity contribution in [3.8, 4) is 6.07 Å². The monoisotopic (exact) mass is 354 g/mol. The van der Waals surface area contributed by atoms with Crippen molar-refractivity contribution in [2.45, 2.75) is 26.3 Å². The van der Waals surface area contributed by atoms with Crippen LogP contribution in [0, 0.1) is 11.3 Å². The number of anilines is 1. The minimum Gasteiger partial charge on any atom is -0.345 e. The van der Waals surface area contributed by atoms with Crippen molar-refractivity contribution in [1.29, 1.82) is 5.26 Å². The number of carbonyl (C=O) groups excluding carboxylic acids is 1. The molecule has 25 heavy (non-hydrogen) atoms. The fourth-order valence-electron chi connectivity index (χ4n) is 2.18. The van der Waals surface area contributed by atoms with Gasteiger partial charge in [-0.25, -0.2) is 4.98 Å². The summed E-state index contributed by atoms with van der Waals surface area (Å²) in [5.74, 6) is 0.000323. The molecule has 0 saturated heterocycles. The molecule has 6 heteroatoms. The molecule has 1 aromatic heterocycles. The summed E-state index contributed by atoms with van der Waals surface area (Å²) in [5, 5.41) is 15.3. The highest BCUT2D eigenvalue weighted by Gasteiger charge is 2.13. The predicted molar refractivity (Wildman–Crippen MR) is 98.9 cm³/mol. The number of aromatic nitrogens is 1. The third-order valence-corrected chi connectivity index (χ3v) is 3.92. The largest absolute Gasteiger partial charge is 0.345 e. The van der Waals surface area contributed by atoms with Gasteiger partial charge in [0.15, 0.2) is 0 Å². The molecule has 0 saturated carbocycles. The second-order valence-electron chi connectivity index (χ2n) is 5.46. The van der Waals surface area contributed by atoms with Crippen LogP contribution in [0.15, 0.2) is 54.4 Å². The molecule has 128 valence electrons. The van der Waals surface area contributed by atoms with Crippen LogP contribution in [0.2, 0.25) is 5.02 Å². The minimum atomic E-state index is -0.455. The standard InChI is InChI=1S/C19H19ClN4O/c1-3-14-4-6-15(7-5-14)13(2)24-19(25)16(11-21)12-23-18-10-17(20)8-9-22-18/h4-10,12-13H,3H2,1-2H3,(H,22,23)(H,24,25)/b16-12-. The van der Waals surface area contributed by atoms with Crippen molar-refractivity contribution in [2.75, 3.05) is 5.32 Å². The van der Waals surface area contributed by atoms with Crippen LogP contribution in [0.25, 0.3) is 0 Å². The Morgan fingerprint density at radius 1 is 1.36 bits per heavy atom. The molecule has 2 aromatic rings. The Morgan fingerprint density at radius 2 is 2.08 bits per heavy atom. The Balaban J connectivity index is 2.03. The number of carbonyl (C=O) groups is 1. The predicted octanol–water partition coefficient (Wildman–Crippen LogP) is 3.99. The normalized spacial score (nSPS) is 12.2. The molecule has 0 aliphatic rings. The van der Waals surface area contributed by atoms with E-state index >= 15 is 0 Å². The summed E-state index contributed by atoms with van der Waals surface area (Å²) in [6.45, 7) is 3.96. The van der Waals surface area contributed by atoms with Gasteiger partial charge in [-0.2, -0.15) is 5.26 Å². The van der Waals surface area contributed by atoms with Crippen molar-refractivity contribution in [3.63, 3.8) is 0 Å². The fraction of sp³-hybridized carbons (Fsp3) is 0.211. The van der Waals surface area contributed by atoms with Crippen LogP contribution in [0.5, 0.6) is 0 Å². The number of aryl methyl sites for hydroxylation is 1. The maximum absolute atomic E-state index is 12.3. The molecule has 0 radical (unpaired) electrons. The molecular formula is C19H19ClN4O. The summed E-state index contributed by atoms with van der Waals surface area (Å²) < 4.78 is 0. The van der Waals surface area contributed by atoms with Gasteiger partial charge in [0.2, 0.25) is 0 Å². The second-order valence-corrected chi connectivity index (χ2v) is 5.90. The zero-order valence-electron chi connectivity index (χ0n) is 14.1. The molecule has 0 aliphatic heterocycles. The highest BCUT2D eigenvalue weighted by molar-refractivity contribution is 6.30. The SMILES string of the molecule is CCc1ccc(C(C)NC(=O)/C(C#N)=C\Nc2cc(Cl)ccn2)cc1. The number of pyridine rings is 1. The smallest absolute Gasteiger partial charge is 0.263 e. The molecule has 0 bridgehead atoms. The van der Waals surface area contributed by atoms with E-state index in [1.165, 1.54) is 18.0 Å². The van der Waals surface area contributed by atoms with Crippen molar-refractivity contribution < 1.29 is 4.79 Å². The second kappa shape index (κ2) is 8.86. The van der Waals surface area contributed by atoms with Crippen molar-refractivity contribution in [2.24, 2.45) is 0 Å². The molecule has 1 unspecified atom stereocenters. The van der Waals surface area contributed by atoms with Gasteiger partial charge in [-0.05, 0) is 36.6 Å². The molecule has 0 fully saturated rings. The topological polar surface area (TPSA) is 77.8 Å². The lowest BCUT2D eigenvalue weighted by atomic mass is 10.0. The highest BCUT2D eigenvalue weighted by Crippen LogP contribution is 2.15. The average Bonchev–Trinajstić information content (AvgIpc) is 2.62. The first-order valence-corrected chi connectivity index (χ1v) is 8.29. The maximum Gasteiger partial charge on any atom is 0.263 e. The molecule has 0 spiro atoms. The number of halogens is 1. The number of amides is 1. The number of nitrogens with one attached hydrogen (secondary N) is 2. The van der Waals surface area contributed by atoms with E-state index < -0.39 is 5.91 Å². The molecule has 1 heterocycles. The summed E-state index contributed by atoms with van der Waals surface area (Å²) in [7, 11) is 0. The summed E-state index contributed by atoms with van der Waals surface area (Å²) in [6, 6.07) is 12.9. The van der Waals surface area contributed by atoms with E-state index in [0.29, 0.717) is 10.8 Å². The van der Waals surface area contributed by atoms with Crippen molar-refractivity contribution in [1.82, 2.24) is 10.3 Å². The average molecular weight is 355 g/mol. The Bertz CT molecular complexity index is 809. The van der Waals surface area contributed by atoms with Gasteiger partial charge in [-0.3, -0.25) is 4.79 Å². The zero-order valence-corrected chi connectivity index (χ0v) is 14.8. The molecule has 1 atom stereocenters. The van der Waals surface area contributed by atoms with E-state index in [1.807, 2.05) is 37.3 Å². The van der Waals surface area contributed by atoms with Gasteiger partial charge >= 0.3 is 0 Å². The van der Waals surface area contributed by atoms with Crippen LogP contribution in [0.4, 0.5) is 5.82 Å². The molecular weight excluding hydrogens is 336 g/mol. The third-order valence-electron chi connectivity index (χ3n) is 3.69. The number of hydrogen-bond donors (Lipinski definition) is 2. The van der Waals surface area contributed by atoms with Gasteiger partial charge in [0.1, 0.15) is 17.5 Å². The molecule has 5 nitrogen and oxygen atoms in total. The molecule has 2 N–H and O–H groups in total. The first-order valence-electron chi connectivity index (χ1n) is 7.91. The molecule has 2 rings (SSSR count). The van der Waals surface area contributed by atoms with Crippen LogP contribution in [0.1, 0.15) is 31.0 Å². The van der Waals surface area contributed by atoms with Crippen LogP contribution in [-0.4, -0.2) is 10.9 Å². The molecule has 1 aromatic carbocycles. The van der Waals surface area contributed by atoms with E-state index in [-0.39, 0.29) is 11.6 Å². The lowest BCUT2D eigenvalue weighted by Crippen LogP contribution is -2.28. The minimum absolute atomic E-state index is 0.0428. The number of benzene rings is 1. The third kappa shape index (κ3) is 5.33. The van der Waals surface area contributed by atoms with E-state index in [9.17, 15) is 10.1 Å². The van der Waals surface area contributed by atoms with E-state index in [1.54, 1.807) is 12.1 Å². The lowest BCUT2D eigenvalue weighted by Gasteiger charge is -2.14.